The van der Waals surface area contributed by atoms with Gasteiger partial charge in [0.1, 0.15) is 6.29 Å². The van der Waals surface area contributed by atoms with Crippen LogP contribution in [-0.2, 0) is 10.2 Å². The predicted molar refractivity (Wildman–Crippen MR) is 74.5 cm³/mol. The van der Waals surface area contributed by atoms with Crippen molar-refractivity contribution in [2.45, 2.75) is 31.1 Å². The number of hydrogen-bond acceptors (Lipinski definition) is 1. The summed E-state index contributed by atoms with van der Waals surface area (Å²) < 4.78 is 1.20. The highest BCUT2D eigenvalue weighted by Crippen LogP contribution is 2.36. The van der Waals surface area contributed by atoms with Gasteiger partial charge in [0, 0.05) is 3.57 Å². The van der Waals surface area contributed by atoms with Crippen LogP contribution < -0.4 is 0 Å². The van der Waals surface area contributed by atoms with Gasteiger partial charge in [0.2, 0.25) is 0 Å². The molecule has 0 atom stereocenters. The molecular weight excluding hydrogens is 311 g/mol. The average Bonchev–Trinajstić information content (AvgIpc) is 2.56. The zero-order valence-electron chi connectivity index (χ0n) is 9.16. The highest BCUT2D eigenvalue weighted by atomic mass is 127. The van der Waals surface area contributed by atoms with Crippen LogP contribution in [0.3, 0.4) is 0 Å². The molecule has 0 fully saturated rings. The van der Waals surface area contributed by atoms with Crippen LogP contribution in [0, 0.1) is 3.57 Å². The van der Waals surface area contributed by atoms with E-state index in [9.17, 15) is 4.79 Å². The number of allylic oxidation sites excluding steroid dienone is 2. The van der Waals surface area contributed by atoms with Gasteiger partial charge in [0.15, 0.2) is 0 Å². The molecule has 1 aliphatic carbocycles. The lowest BCUT2D eigenvalue weighted by Gasteiger charge is -2.28. The number of halogens is 1. The maximum atomic E-state index is 11.6. The molecule has 1 aliphatic rings. The molecule has 0 bridgehead atoms. The number of carbonyl (C=O) groups excluding carboxylic acids is 1. The first-order valence-corrected chi connectivity index (χ1v) is 6.73. The van der Waals surface area contributed by atoms with Crippen LogP contribution in [-0.4, -0.2) is 6.29 Å². The van der Waals surface area contributed by atoms with E-state index in [4.69, 9.17) is 0 Å². The zero-order valence-corrected chi connectivity index (χ0v) is 11.3. The minimum atomic E-state index is -0.263. The summed E-state index contributed by atoms with van der Waals surface area (Å²) in [5.41, 5.74) is 0.940. The van der Waals surface area contributed by atoms with Crippen LogP contribution in [0.5, 0.6) is 0 Å². The van der Waals surface area contributed by atoms with Crippen molar-refractivity contribution in [2.24, 2.45) is 0 Å². The highest BCUT2D eigenvalue weighted by Gasteiger charge is 2.32. The number of rotatable bonds is 2. The molecule has 1 aromatic carbocycles. The Morgan fingerprint density at radius 1 is 1.12 bits per heavy atom. The molecule has 1 aromatic rings. The van der Waals surface area contributed by atoms with E-state index in [1.54, 1.807) is 0 Å². The monoisotopic (exact) mass is 326 g/mol. The summed E-state index contributed by atoms with van der Waals surface area (Å²) >= 11 is 2.33. The Hall–Kier alpha value is -0.640. The first kappa shape index (κ1) is 11.8. The zero-order chi connectivity index (χ0) is 11.4. The average molecular weight is 326 g/mol. The Morgan fingerprint density at radius 2 is 1.75 bits per heavy atom. The fraction of sp³-hybridized carbons (Fsp3) is 0.357. The molecule has 0 aliphatic heterocycles. The standard InChI is InChI=1S/C14H15IO/c15-13-8-4-3-7-12(13)14(11-16)9-5-1-2-6-10-14/h1-4,7-8,11H,5-6,9-10H2. The summed E-state index contributed by atoms with van der Waals surface area (Å²) in [5, 5.41) is 0. The molecule has 16 heavy (non-hydrogen) atoms. The van der Waals surface area contributed by atoms with Crippen LogP contribution in [0.1, 0.15) is 31.2 Å². The molecule has 0 N–H and O–H groups in total. The highest BCUT2D eigenvalue weighted by molar-refractivity contribution is 14.1. The van der Waals surface area contributed by atoms with E-state index >= 15 is 0 Å². The van der Waals surface area contributed by atoms with Crippen molar-refractivity contribution in [3.8, 4) is 0 Å². The smallest absolute Gasteiger partial charge is 0.130 e. The van der Waals surface area contributed by atoms with Gasteiger partial charge in [-0.2, -0.15) is 0 Å². The summed E-state index contributed by atoms with van der Waals surface area (Å²) in [7, 11) is 0. The van der Waals surface area contributed by atoms with Crippen LogP contribution in [0.15, 0.2) is 36.4 Å². The Kier molecular flexibility index (Phi) is 3.79. The molecule has 84 valence electrons. The van der Waals surface area contributed by atoms with Crippen molar-refractivity contribution in [1.82, 2.24) is 0 Å². The van der Waals surface area contributed by atoms with Crippen molar-refractivity contribution < 1.29 is 4.79 Å². The van der Waals surface area contributed by atoms with E-state index in [-0.39, 0.29) is 5.41 Å². The van der Waals surface area contributed by atoms with Crippen LogP contribution >= 0.6 is 22.6 Å². The van der Waals surface area contributed by atoms with Gasteiger partial charge in [0.05, 0.1) is 5.41 Å². The van der Waals surface area contributed by atoms with Gasteiger partial charge >= 0.3 is 0 Å². The van der Waals surface area contributed by atoms with E-state index in [1.165, 1.54) is 9.13 Å². The Morgan fingerprint density at radius 3 is 2.31 bits per heavy atom. The second-order valence-corrected chi connectivity index (χ2v) is 5.46. The van der Waals surface area contributed by atoms with Gasteiger partial charge in [-0.05, 0) is 59.9 Å². The van der Waals surface area contributed by atoms with E-state index in [0.29, 0.717) is 0 Å². The van der Waals surface area contributed by atoms with Gasteiger partial charge in [0.25, 0.3) is 0 Å². The minimum Gasteiger partial charge on any atom is -0.302 e. The van der Waals surface area contributed by atoms with Crippen molar-refractivity contribution >= 4 is 28.9 Å². The first-order chi connectivity index (χ1) is 7.78. The molecule has 1 nitrogen and oxygen atoms in total. The quantitative estimate of drug-likeness (QED) is 0.458. The number of benzene rings is 1. The predicted octanol–water partition coefficient (Wildman–Crippen LogP) is 3.86. The van der Waals surface area contributed by atoms with Crippen molar-refractivity contribution in [3.63, 3.8) is 0 Å². The summed E-state index contributed by atoms with van der Waals surface area (Å²) in [6.45, 7) is 0. The number of hydrogen-bond donors (Lipinski definition) is 0. The van der Waals surface area contributed by atoms with E-state index in [2.05, 4.69) is 46.9 Å². The third kappa shape index (κ3) is 2.21. The Bertz CT molecular complexity index is 399. The molecule has 0 radical (unpaired) electrons. The van der Waals surface area contributed by atoms with Crippen molar-refractivity contribution in [2.75, 3.05) is 0 Å². The van der Waals surface area contributed by atoms with Crippen LogP contribution in [0.2, 0.25) is 0 Å². The van der Waals surface area contributed by atoms with Gasteiger partial charge in [-0.1, -0.05) is 30.4 Å². The summed E-state index contributed by atoms with van der Waals surface area (Å²) in [6.07, 6.45) is 9.44. The molecule has 0 aromatic heterocycles. The Labute approximate surface area is 110 Å². The number of aldehydes is 1. The van der Waals surface area contributed by atoms with Gasteiger partial charge in [-0.25, -0.2) is 0 Å². The van der Waals surface area contributed by atoms with E-state index < -0.39 is 0 Å². The van der Waals surface area contributed by atoms with Gasteiger partial charge < -0.3 is 4.79 Å². The lowest BCUT2D eigenvalue weighted by Crippen LogP contribution is -2.28. The molecule has 2 heteroatoms. The van der Waals surface area contributed by atoms with Gasteiger partial charge in [-0.15, -0.1) is 0 Å². The third-order valence-corrected chi connectivity index (χ3v) is 4.26. The molecule has 2 rings (SSSR count). The minimum absolute atomic E-state index is 0.263. The molecule has 0 unspecified atom stereocenters. The van der Waals surface area contributed by atoms with Crippen LogP contribution in [0.4, 0.5) is 0 Å². The van der Waals surface area contributed by atoms with Crippen molar-refractivity contribution in [1.29, 1.82) is 0 Å². The summed E-state index contributed by atoms with van der Waals surface area (Å²) in [5.74, 6) is 0. The lowest BCUT2D eigenvalue weighted by molar-refractivity contribution is -0.113. The molecule has 0 spiro atoms. The van der Waals surface area contributed by atoms with Gasteiger partial charge in [-0.3, -0.25) is 0 Å². The SMILES string of the molecule is O=CC1(c2ccccc2I)CCC=CCC1. The number of carbonyl (C=O) groups is 1. The van der Waals surface area contributed by atoms with E-state index in [1.807, 2.05) is 12.1 Å². The molecule has 0 saturated heterocycles. The summed E-state index contributed by atoms with van der Waals surface area (Å²) in [6, 6.07) is 8.24. The second-order valence-electron chi connectivity index (χ2n) is 4.30. The fourth-order valence-electron chi connectivity index (χ4n) is 2.36. The normalized spacial score (nSPS) is 19.1. The van der Waals surface area contributed by atoms with Crippen molar-refractivity contribution in [3.05, 3.63) is 45.6 Å². The molecule has 0 amide bonds. The molecular formula is C14H15IO. The first-order valence-electron chi connectivity index (χ1n) is 5.65. The van der Waals surface area contributed by atoms with Crippen LogP contribution in [0.25, 0.3) is 0 Å². The third-order valence-electron chi connectivity index (χ3n) is 3.32. The summed E-state index contributed by atoms with van der Waals surface area (Å²) in [4.78, 5) is 11.6. The topological polar surface area (TPSA) is 17.1 Å². The lowest BCUT2D eigenvalue weighted by atomic mass is 9.75. The van der Waals surface area contributed by atoms with E-state index in [0.717, 1.165) is 32.0 Å². The Balaban J connectivity index is 2.41. The second kappa shape index (κ2) is 5.13. The molecule has 0 saturated carbocycles. The molecule has 0 heterocycles. The maximum absolute atomic E-state index is 11.6. The maximum Gasteiger partial charge on any atom is 0.130 e. The fourth-order valence-corrected chi connectivity index (χ4v) is 3.28. The largest absolute Gasteiger partial charge is 0.302 e.